The van der Waals surface area contributed by atoms with Crippen molar-refractivity contribution < 1.29 is 44.1 Å². The monoisotopic (exact) mass is 1050 g/mol. The van der Waals surface area contributed by atoms with Crippen molar-refractivity contribution >= 4 is 127 Å². The minimum Gasteiger partial charge on any atom is -0.481 e. The molecule has 8 rings (SSSR count). The third-order valence-electron chi connectivity index (χ3n) is 12.4. The normalized spacial score (nSPS) is 17.6. The van der Waals surface area contributed by atoms with Gasteiger partial charge in [0, 0.05) is 60.7 Å². The van der Waals surface area contributed by atoms with Gasteiger partial charge in [0.15, 0.2) is 0 Å². The minimum absolute atomic E-state index is 0.0212. The van der Waals surface area contributed by atoms with E-state index in [9.17, 15) is 39.0 Å². The van der Waals surface area contributed by atoms with Crippen molar-refractivity contribution in [2.24, 2.45) is 0 Å². The molecule has 3 aliphatic rings. The van der Waals surface area contributed by atoms with Crippen LogP contribution in [-0.2, 0) is 41.9 Å². The van der Waals surface area contributed by atoms with Gasteiger partial charge in [0.1, 0.15) is 23.1 Å². The highest BCUT2D eigenvalue weighted by Crippen LogP contribution is 2.52. The summed E-state index contributed by atoms with van der Waals surface area (Å²) in [5, 5.41) is 28.0. The van der Waals surface area contributed by atoms with Gasteiger partial charge in [-0.3, -0.25) is 42.8 Å². The number of carbonyl (C=O) groups is 4. The van der Waals surface area contributed by atoms with E-state index in [0.29, 0.717) is 51.2 Å². The van der Waals surface area contributed by atoms with Crippen LogP contribution in [0.2, 0.25) is 0 Å². The number of carboxylic acids is 3. The fourth-order valence-corrected chi connectivity index (χ4v) is 13.4. The van der Waals surface area contributed by atoms with Gasteiger partial charge in [-0.2, -0.15) is 9.59 Å². The summed E-state index contributed by atoms with van der Waals surface area (Å²) in [4.78, 5) is 98.6. The predicted octanol–water partition coefficient (Wildman–Crippen LogP) is 7.69. The molecule has 3 aromatic carbocycles. The molecule has 15 nitrogen and oxygen atoms in total. The van der Waals surface area contributed by atoms with Gasteiger partial charge in [0.25, 0.3) is 17.0 Å². The lowest BCUT2D eigenvalue weighted by molar-refractivity contribution is -0.191. The molecule has 2 atom stereocenters. The Morgan fingerprint density at radius 3 is 1.99 bits per heavy atom. The van der Waals surface area contributed by atoms with Crippen molar-refractivity contribution in [3.63, 3.8) is 0 Å². The number of thioether (sulfide) groups is 2. The zero-order chi connectivity index (χ0) is 50.8. The van der Waals surface area contributed by atoms with Crippen LogP contribution in [0.4, 0.5) is 11.4 Å². The molecule has 4 heterocycles. The number of carbonyl (C=O) groups excluding carboxylic acids is 3. The number of thiocarbonyl (C=S) groups is 1. The van der Waals surface area contributed by atoms with E-state index in [1.807, 2.05) is 6.07 Å². The Hall–Kier alpha value is -6.15. The molecular weight excluding hydrogens is 1000 g/mol. The summed E-state index contributed by atoms with van der Waals surface area (Å²) >= 11 is 10.5. The first-order valence-corrected chi connectivity index (χ1v) is 27.0. The number of hydrogen-bond donors (Lipinski definition) is 3. The fraction of sp³-hybridized carbons (Fsp3) is 0.333. The molecule has 2 aliphatic heterocycles. The Labute approximate surface area is 429 Å². The lowest BCUT2D eigenvalue weighted by Gasteiger charge is -2.27. The number of anilines is 2. The highest BCUT2D eigenvalue weighted by Gasteiger charge is 2.42. The number of aromatic nitrogens is 2. The molecule has 2 unspecified atom stereocenters. The van der Waals surface area contributed by atoms with E-state index in [2.05, 4.69) is 84.0 Å². The number of aliphatic carboxylic acids is 3. The Morgan fingerprint density at radius 2 is 1.34 bits per heavy atom. The van der Waals surface area contributed by atoms with Gasteiger partial charge in [-0.25, -0.2) is 0 Å². The second kappa shape index (κ2) is 24.3. The van der Waals surface area contributed by atoms with E-state index in [0.717, 1.165) is 81.8 Å². The summed E-state index contributed by atoms with van der Waals surface area (Å²) in [5.41, 5.74) is 5.58. The number of benzene rings is 3. The molecular formula is C51H50N4O11S5. The van der Waals surface area contributed by atoms with Gasteiger partial charge in [0.05, 0.1) is 11.0 Å². The third kappa shape index (κ3) is 12.5. The third-order valence-corrected chi connectivity index (χ3v) is 17.2. The number of amides is 1. The van der Waals surface area contributed by atoms with E-state index >= 15 is 0 Å². The molecule has 20 heteroatoms. The Kier molecular flexibility index (Phi) is 18.0. The number of fused-ring (bicyclic) bond motifs is 3. The van der Waals surface area contributed by atoms with E-state index in [4.69, 9.17) is 26.9 Å². The molecule has 1 saturated carbocycles. The average molecular weight is 1060 g/mol. The highest BCUT2D eigenvalue weighted by atomic mass is 32.2. The number of hydrogen-bond acceptors (Lipinski definition) is 14. The largest absolute Gasteiger partial charge is 0.481 e. The van der Waals surface area contributed by atoms with Crippen LogP contribution in [0, 0.1) is 9.20 Å². The summed E-state index contributed by atoms with van der Waals surface area (Å²) in [6, 6.07) is 23.6. The maximum absolute atomic E-state index is 14.5. The molecule has 1 saturated heterocycles. The van der Waals surface area contributed by atoms with E-state index in [-0.39, 0.29) is 65.6 Å². The van der Waals surface area contributed by atoms with Gasteiger partial charge in [-0.1, -0.05) is 79.3 Å². The molecule has 0 radical (unpaired) electrons. The van der Waals surface area contributed by atoms with Gasteiger partial charge in [-0.15, -0.1) is 34.4 Å². The van der Waals surface area contributed by atoms with Crippen LogP contribution in [0.15, 0.2) is 81.2 Å². The van der Waals surface area contributed by atoms with Crippen molar-refractivity contribution in [3.05, 3.63) is 128 Å². The second-order valence-corrected chi connectivity index (χ2v) is 21.5. The van der Waals surface area contributed by atoms with E-state index in [1.54, 1.807) is 17.8 Å². The quantitative estimate of drug-likeness (QED) is 0.0313. The minimum atomic E-state index is -1.11. The number of nitrogens with zero attached hydrogens (tertiary/aromatic N) is 4. The number of unbranched alkanes of at least 4 members (excludes halogenated alkanes) is 3. The molecule has 370 valence electrons. The molecule has 1 amide bonds. The van der Waals surface area contributed by atoms with Gasteiger partial charge in [0.2, 0.25) is 0 Å². The van der Waals surface area contributed by atoms with Crippen molar-refractivity contribution in [1.82, 2.24) is 14.0 Å². The first-order chi connectivity index (χ1) is 34.2. The van der Waals surface area contributed by atoms with E-state index < -0.39 is 34.9 Å². The summed E-state index contributed by atoms with van der Waals surface area (Å²) < 4.78 is 4.15. The highest BCUT2D eigenvalue weighted by molar-refractivity contribution is 8.30. The Bertz CT molecular complexity index is 3260. The molecule has 0 bridgehead atoms. The zero-order valence-electron chi connectivity index (χ0n) is 38.6. The molecule has 5 aromatic rings. The van der Waals surface area contributed by atoms with Crippen molar-refractivity contribution in [2.75, 3.05) is 17.7 Å². The smallest absolute Gasteiger partial charge is 0.373 e. The lowest BCUT2D eigenvalue weighted by atomic mass is 9.96. The molecule has 71 heavy (non-hydrogen) atoms. The van der Waals surface area contributed by atoms with Gasteiger partial charge in [-0.05, 0) is 110 Å². The van der Waals surface area contributed by atoms with Gasteiger partial charge >= 0.3 is 24.1 Å². The maximum Gasteiger partial charge on any atom is 0.373 e. The van der Waals surface area contributed by atoms with Crippen LogP contribution < -0.4 is 25.2 Å². The summed E-state index contributed by atoms with van der Waals surface area (Å²) in [6.07, 6.45) is 13.3. The lowest BCUT2D eigenvalue weighted by Crippen LogP contribution is -2.32. The molecule has 3 N–H and O–H groups in total. The van der Waals surface area contributed by atoms with Crippen molar-refractivity contribution in [1.29, 1.82) is 0 Å². The first-order valence-electron chi connectivity index (χ1n) is 23.0. The standard InChI is InChI=1S/C50H50N4O9S5.CO2/c1-65-34-21-16-31(17-22-34)13-12-30-14-19-33(20-15-30)54-37-9-7-8-35(37)36-28-32(18-23-38(36)54)29-39-45(61)52(27-24-42(59)60)48(66-39)43-46(62)51(25-6-4-11-41(57)58)49(67-43)44-47(63)53(50(64)68-44)26-5-2-3-10-40(55)56;2-1-3/h12-23,28-29,35,37H,2-11,24-27H2,1H3,(H,55,56)(H,57,58)(H,59,60);/b13-12?,39-29-,48-43+,49-44+;. The Balaban J connectivity index is 0.00000241. The summed E-state index contributed by atoms with van der Waals surface area (Å²) in [7, 11) is 0. The summed E-state index contributed by atoms with van der Waals surface area (Å²) in [6.45, 7) is 0.186. The van der Waals surface area contributed by atoms with Crippen molar-refractivity contribution in [2.45, 2.75) is 101 Å². The zero-order valence-corrected chi connectivity index (χ0v) is 42.7. The van der Waals surface area contributed by atoms with Gasteiger partial charge < -0.3 is 20.2 Å². The molecule has 2 fully saturated rings. The number of thiazole rings is 2. The number of rotatable bonds is 19. The first kappa shape index (κ1) is 52.7. The van der Waals surface area contributed by atoms with Crippen LogP contribution in [0.1, 0.15) is 98.8 Å². The Morgan fingerprint density at radius 1 is 0.732 bits per heavy atom. The van der Waals surface area contributed by atoms with Crippen molar-refractivity contribution in [3.8, 4) is 0 Å². The topological polar surface area (TPSA) is 214 Å². The maximum atomic E-state index is 14.5. The van der Waals surface area contributed by atoms with Crippen LogP contribution in [-0.4, -0.2) is 82.5 Å². The van der Waals surface area contributed by atoms with Crippen LogP contribution >= 0.6 is 58.4 Å². The second-order valence-electron chi connectivity index (χ2n) is 17.0. The van der Waals surface area contributed by atoms with Crippen LogP contribution in [0.5, 0.6) is 0 Å². The SMILES string of the molecule is CSc1ccc(C=Cc2ccc(N3c4ccc(/C=c5\s/c(=c6/s/c(=C7/SC(=S)N(CCCCCC(=O)O)C7=O)n(CCCCC(=O)O)c6=O)n(CCC(=O)O)c5=O)cc4C4CCCC43)cc2)cc1.O=C=O. The predicted molar refractivity (Wildman–Crippen MR) is 280 cm³/mol. The average Bonchev–Trinajstić information content (AvgIpc) is 4.15. The van der Waals surface area contributed by atoms with Crippen LogP contribution in [0.25, 0.3) is 23.1 Å². The summed E-state index contributed by atoms with van der Waals surface area (Å²) in [5.74, 6) is -3.07. The van der Waals surface area contributed by atoms with Crippen LogP contribution in [0.3, 0.4) is 0 Å². The molecule has 0 spiro atoms. The number of carboxylic acid groups (broad SMARTS) is 3. The fourth-order valence-electron chi connectivity index (χ4n) is 9.11. The molecule has 1 aliphatic carbocycles. The molecule has 2 aromatic heterocycles. The van der Waals surface area contributed by atoms with E-state index in [1.165, 1.54) is 24.5 Å².